The van der Waals surface area contributed by atoms with Gasteiger partial charge in [0, 0.05) is 13.2 Å². The molecule has 1 saturated carbocycles. The van der Waals surface area contributed by atoms with E-state index in [0.29, 0.717) is 5.92 Å². The van der Waals surface area contributed by atoms with Gasteiger partial charge in [-0.1, -0.05) is 13.8 Å². The maximum atomic E-state index is 5.43. The number of hydrogen-bond donors (Lipinski definition) is 1. The first kappa shape index (κ1) is 10.0. The standard InChI is InChI=1S/C10H21NO/c1-9(2)8-12-6-5-11-7-10-3-4-10/h9-11H,3-8H2,1-2H3. The van der Waals surface area contributed by atoms with Gasteiger partial charge in [-0.05, 0) is 31.2 Å². The van der Waals surface area contributed by atoms with Gasteiger partial charge < -0.3 is 10.1 Å². The molecular weight excluding hydrogens is 150 g/mol. The predicted octanol–water partition coefficient (Wildman–Crippen LogP) is 1.66. The molecule has 1 rings (SSSR count). The Morgan fingerprint density at radius 2 is 2.17 bits per heavy atom. The number of nitrogens with one attached hydrogen (secondary N) is 1. The van der Waals surface area contributed by atoms with E-state index in [9.17, 15) is 0 Å². The van der Waals surface area contributed by atoms with Crippen LogP contribution in [-0.2, 0) is 4.74 Å². The average molecular weight is 171 g/mol. The molecule has 1 fully saturated rings. The van der Waals surface area contributed by atoms with E-state index in [1.807, 2.05) is 0 Å². The molecule has 1 aliphatic rings. The lowest BCUT2D eigenvalue weighted by Gasteiger charge is -2.07. The summed E-state index contributed by atoms with van der Waals surface area (Å²) >= 11 is 0. The van der Waals surface area contributed by atoms with E-state index >= 15 is 0 Å². The highest BCUT2D eigenvalue weighted by molar-refractivity contribution is 4.74. The van der Waals surface area contributed by atoms with Gasteiger partial charge in [0.2, 0.25) is 0 Å². The topological polar surface area (TPSA) is 21.3 Å². The Kier molecular flexibility index (Phi) is 4.62. The van der Waals surface area contributed by atoms with Gasteiger partial charge in [0.05, 0.1) is 6.61 Å². The molecule has 1 aliphatic carbocycles. The van der Waals surface area contributed by atoms with Crippen LogP contribution >= 0.6 is 0 Å². The van der Waals surface area contributed by atoms with Crippen LogP contribution in [0.1, 0.15) is 26.7 Å². The van der Waals surface area contributed by atoms with E-state index in [4.69, 9.17) is 4.74 Å². The highest BCUT2D eigenvalue weighted by atomic mass is 16.5. The lowest BCUT2D eigenvalue weighted by atomic mass is 10.2. The Labute approximate surface area is 75.7 Å². The smallest absolute Gasteiger partial charge is 0.0591 e. The molecule has 0 bridgehead atoms. The van der Waals surface area contributed by atoms with Crippen LogP contribution in [0.4, 0.5) is 0 Å². The summed E-state index contributed by atoms with van der Waals surface area (Å²) in [7, 11) is 0. The summed E-state index contributed by atoms with van der Waals surface area (Å²) < 4.78 is 5.43. The largest absolute Gasteiger partial charge is 0.380 e. The van der Waals surface area contributed by atoms with E-state index in [1.54, 1.807) is 0 Å². The second-order valence-corrected chi connectivity index (χ2v) is 4.12. The molecule has 0 unspecified atom stereocenters. The third-order valence-electron chi connectivity index (χ3n) is 2.00. The second kappa shape index (κ2) is 5.55. The third-order valence-corrected chi connectivity index (χ3v) is 2.00. The first-order chi connectivity index (χ1) is 5.79. The van der Waals surface area contributed by atoms with Crippen LogP contribution in [0, 0.1) is 11.8 Å². The quantitative estimate of drug-likeness (QED) is 0.588. The molecule has 0 atom stereocenters. The van der Waals surface area contributed by atoms with Crippen molar-refractivity contribution < 1.29 is 4.74 Å². The first-order valence-corrected chi connectivity index (χ1v) is 5.07. The molecule has 0 heterocycles. The van der Waals surface area contributed by atoms with Gasteiger partial charge >= 0.3 is 0 Å². The normalized spacial score (nSPS) is 17.2. The van der Waals surface area contributed by atoms with E-state index in [2.05, 4.69) is 19.2 Å². The molecular formula is C10H21NO. The van der Waals surface area contributed by atoms with Gasteiger partial charge in [0.15, 0.2) is 0 Å². The van der Waals surface area contributed by atoms with Crippen LogP contribution in [0.3, 0.4) is 0 Å². The number of rotatable bonds is 7. The number of hydrogen-bond acceptors (Lipinski definition) is 2. The average Bonchev–Trinajstić information content (AvgIpc) is 2.79. The fraction of sp³-hybridized carbons (Fsp3) is 1.00. The number of ether oxygens (including phenoxy) is 1. The van der Waals surface area contributed by atoms with Crippen molar-refractivity contribution in [3.63, 3.8) is 0 Å². The lowest BCUT2D eigenvalue weighted by molar-refractivity contribution is 0.111. The molecule has 0 aromatic heterocycles. The van der Waals surface area contributed by atoms with Crippen LogP contribution in [0.15, 0.2) is 0 Å². The van der Waals surface area contributed by atoms with Crippen molar-refractivity contribution in [2.45, 2.75) is 26.7 Å². The molecule has 0 amide bonds. The molecule has 2 nitrogen and oxygen atoms in total. The lowest BCUT2D eigenvalue weighted by Crippen LogP contribution is -2.22. The molecule has 0 aromatic carbocycles. The minimum Gasteiger partial charge on any atom is -0.380 e. The van der Waals surface area contributed by atoms with Crippen LogP contribution in [0.2, 0.25) is 0 Å². The van der Waals surface area contributed by atoms with Crippen molar-refractivity contribution in [1.82, 2.24) is 5.32 Å². The van der Waals surface area contributed by atoms with E-state index in [-0.39, 0.29) is 0 Å². The van der Waals surface area contributed by atoms with Crippen molar-refractivity contribution in [1.29, 1.82) is 0 Å². The maximum Gasteiger partial charge on any atom is 0.0591 e. The van der Waals surface area contributed by atoms with Crippen LogP contribution in [0.5, 0.6) is 0 Å². The van der Waals surface area contributed by atoms with Crippen molar-refractivity contribution in [3.8, 4) is 0 Å². The Morgan fingerprint density at radius 1 is 1.42 bits per heavy atom. The maximum absolute atomic E-state index is 5.43. The fourth-order valence-electron chi connectivity index (χ4n) is 1.09. The summed E-state index contributed by atoms with van der Waals surface area (Å²) in [5.41, 5.74) is 0. The van der Waals surface area contributed by atoms with Gasteiger partial charge in [-0.3, -0.25) is 0 Å². The molecule has 0 radical (unpaired) electrons. The summed E-state index contributed by atoms with van der Waals surface area (Å²) in [6.45, 7) is 8.33. The van der Waals surface area contributed by atoms with Crippen molar-refractivity contribution >= 4 is 0 Å². The third kappa shape index (κ3) is 5.56. The highest BCUT2D eigenvalue weighted by Gasteiger charge is 2.19. The zero-order valence-corrected chi connectivity index (χ0v) is 8.31. The summed E-state index contributed by atoms with van der Waals surface area (Å²) in [6, 6.07) is 0. The highest BCUT2D eigenvalue weighted by Crippen LogP contribution is 2.27. The Bertz CT molecular complexity index is 104. The summed E-state index contributed by atoms with van der Waals surface area (Å²) in [5.74, 6) is 1.64. The van der Waals surface area contributed by atoms with Gasteiger partial charge in [-0.25, -0.2) is 0 Å². The molecule has 2 heteroatoms. The van der Waals surface area contributed by atoms with Gasteiger partial charge in [-0.2, -0.15) is 0 Å². The predicted molar refractivity (Wildman–Crippen MR) is 51.3 cm³/mol. The monoisotopic (exact) mass is 171 g/mol. The molecule has 1 N–H and O–H groups in total. The summed E-state index contributed by atoms with van der Waals surface area (Å²) in [4.78, 5) is 0. The Morgan fingerprint density at radius 3 is 2.75 bits per heavy atom. The molecule has 0 aromatic rings. The van der Waals surface area contributed by atoms with E-state index in [0.717, 1.165) is 25.7 Å². The van der Waals surface area contributed by atoms with Crippen molar-refractivity contribution in [2.24, 2.45) is 11.8 Å². The SMILES string of the molecule is CC(C)COCCNCC1CC1. The van der Waals surface area contributed by atoms with E-state index in [1.165, 1.54) is 19.4 Å². The minimum atomic E-state index is 0.661. The van der Waals surface area contributed by atoms with E-state index < -0.39 is 0 Å². The molecule has 12 heavy (non-hydrogen) atoms. The molecule has 0 saturated heterocycles. The van der Waals surface area contributed by atoms with Crippen LogP contribution in [0.25, 0.3) is 0 Å². The molecule has 72 valence electrons. The van der Waals surface area contributed by atoms with Crippen LogP contribution < -0.4 is 5.32 Å². The van der Waals surface area contributed by atoms with Gasteiger partial charge in [-0.15, -0.1) is 0 Å². The Balaban J connectivity index is 1.70. The summed E-state index contributed by atoms with van der Waals surface area (Å²) in [5, 5.41) is 3.40. The zero-order valence-electron chi connectivity index (χ0n) is 8.31. The zero-order chi connectivity index (χ0) is 8.81. The molecule has 0 spiro atoms. The molecule has 0 aliphatic heterocycles. The van der Waals surface area contributed by atoms with Crippen molar-refractivity contribution in [3.05, 3.63) is 0 Å². The van der Waals surface area contributed by atoms with Crippen molar-refractivity contribution in [2.75, 3.05) is 26.3 Å². The van der Waals surface area contributed by atoms with Gasteiger partial charge in [0.25, 0.3) is 0 Å². The second-order valence-electron chi connectivity index (χ2n) is 4.12. The van der Waals surface area contributed by atoms with Crippen LogP contribution in [-0.4, -0.2) is 26.3 Å². The first-order valence-electron chi connectivity index (χ1n) is 5.07. The minimum absolute atomic E-state index is 0.661. The summed E-state index contributed by atoms with van der Waals surface area (Å²) in [6.07, 6.45) is 2.86. The fourth-order valence-corrected chi connectivity index (χ4v) is 1.09. The Hall–Kier alpha value is -0.0800. The van der Waals surface area contributed by atoms with Gasteiger partial charge in [0.1, 0.15) is 0 Å².